The molecule has 0 aliphatic heterocycles. The summed E-state index contributed by atoms with van der Waals surface area (Å²) in [6.07, 6.45) is 1.00. The van der Waals surface area contributed by atoms with Crippen molar-refractivity contribution in [1.29, 1.82) is 0 Å². The zero-order chi connectivity index (χ0) is 21.1. The number of Topliss-reactive ketones (excluding diaryl/α,β-unsaturated/α-hetero) is 1. The molecule has 2 N–H and O–H groups in total. The van der Waals surface area contributed by atoms with Crippen LogP contribution in [0.5, 0.6) is 5.75 Å². The van der Waals surface area contributed by atoms with Crippen LogP contribution in [-0.4, -0.2) is 33.5 Å². The highest BCUT2D eigenvalue weighted by molar-refractivity contribution is 7.92. The van der Waals surface area contributed by atoms with Crippen LogP contribution in [0.1, 0.15) is 36.7 Å². The number of ketones is 1. The van der Waals surface area contributed by atoms with Gasteiger partial charge >= 0.3 is 0 Å². The average molecular weight is 404 g/mol. The lowest BCUT2D eigenvalue weighted by Gasteiger charge is -2.18. The number of sulfonamides is 1. The van der Waals surface area contributed by atoms with Crippen LogP contribution in [0.4, 0.5) is 11.4 Å². The molecule has 0 aliphatic rings. The number of ether oxygens (including phenoxy) is 1. The lowest BCUT2D eigenvalue weighted by Crippen LogP contribution is -2.23. The number of carbonyl (C=O) groups excluding carboxylic acids is 2. The number of anilines is 2. The first-order valence-electron chi connectivity index (χ1n) is 8.53. The van der Waals surface area contributed by atoms with Gasteiger partial charge in [-0.2, -0.15) is 0 Å². The zero-order valence-corrected chi connectivity index (χ0v) is 17.3. The Balaban J connectivity index is 2.20. The molecule has 0 atom stereocenters. The highest BCUT2D eigenvalue weighted by Gasteiger charge is 2.19. The molecule has 0 saturated heterocycles. The summed E-state index contributed by atoms with van der Waals surface area (Å²) in [5.41, 5.74) is 1.68. The van der Waals surface area contributed by atoms with E-state index in [-0.39, 0.29) is 28.1 Å². The molecule has 2 rings (SSSR count). The van der Waals surface area contributed by atoms with E-state index in [0.717, 1.165) is 11.8 Å². The van der Waals surface area contributed by atoms with Crippen molar-refractivity contribution >= 4 is 33.1 Å². The molecule has 0 aliphatic carbocycles. The van der Waals surface area contributed by atoms with Crippen LogP contribution in [0.15, 0.2) is 42.5 Å². The third kappa shape index (κ3) is 5.56. The molecule has 150 valence electrons. The van der Waals surface area contributed by atoms with Crippen molar-refractivity contribution in [2.24, 2.45) is 0 Å². The van der Waals surface area contributed by atoms with Crippen molar-refractivity contribution in [3.63, 3.8) is 0 Å². The molecule has 0 spiro atoms. The largest absolute Gasteiger partial charge is 0.495 e. The maximum atomic E-state index is 12.4. The van der Waals surface area contributed by atoms with Gasteiger partial charge < -0.3 is 10.1 Å². The van der Waals surface area contributed by atoms with Crippen molar-refractivity contribution in [2.75, 3.05) is 23.4 Å². The molecule has 0 fully saturated rings. The van der Waals surface area contributed by atoms with Gasteiger partial charge in [0.25, 0.3) is 11.7 Å². The maximum Gasteiger partial charge on any atom is 0.296 e. The fraction of sp³-hybridized carbons (Fsp3) is 0.300. The first kappa shape index (κ1) is 21.4. The Morgan fingerprint density at radius 2 is 1.61 bits per heavy atom. The van der Waals surface area contributed by atoms with E-state index in [1.54, 1.807) is 12.1 Å². The Bertz CT molecular complexity index is 990. The second-order valence-electron chi connectivity index (χ2n) is 7.40. The third-order valence-corrected chi connectivity index (χ3v) is 4.56. The van der Waals surface area contributed by atoms with Gasteiger partial charge in [0.2, 0.25) is 10.0 Å². The van der Waals surface area contributed by atoms with E-state index in [4.69, 9.17) is 4.74 Å². The van der Waals surface area contributed by atoms with Gasteiger partial charge in [0.05, 0.1) is 19.1 Å². The summed E-state index contributed by atoms with van der Waals surface area (Å²) < 4.78 is 30.4. The summed E-state index contributed by atoms with van der Waals surface area (Å²) >= 11 is 0. The van der Waals surface area contributed by atoms with Crippen LogP contribution < -0.4 is 14.8 Å². The van der Waals surface area contributed by atoms with Gasteiger partial charge in [0, 0.05) is 11.3 Å². The van der Waals surface area contributed by atoms with E-state index in [1.807, 2.05) is 12.1 Å². The first-order chi connectivity index (χ1) is 12.9. The number of amides is 1. The number of methoxy groups -OCH3 is 1. The Hall–Kier alpha value is -2.87. The van der Waals surface area contributed by atoms with Crippen molar-refractivity contribution in [3.05, 3.63) is 53.6 Å². The fourth-order valence-corrected chi connectivity index (χ4v) is 3.06. The minimum atomic E-state index is -3.54. The lowest BCUT2D eigenvalue weighted by molar-refractivity contribution is -0.112. The topological polar surface area (TPSA) is 102 Å². The summed E-state index contributed by atoms with van der Waals surface area (Å²) in [7, 11) is -2.15. The van der Waals surface area contributed by atoms with Crippen LogP contribution in [0, 0.1) is 0 Å². The van der Waals surface area contributed by atoms with Crippen LogP contribution >= 0.6 is 0 Å². The van der Waals surface area contributed by atoms with Gasteiger partial charge in [-0.1, -0.05) is 45.0 Å². The second-order valence-corrected chi connectivity index (χ2v) is 9.15. The Labute approximate surface area is 165 Å². The predicted molar refractivity (Wildman–Crippen MR) is 110 cm³/mol. The third-order valence-electron chi connectivity index (χ3n) is 3.97. The number of benzene rings is 2. The Kier molecular flexibility index (Phi) is 6.14. The van der Waals surface area contributed by atoms with E-state index in [9.17, 15) is 18.0 Å². The van der Waals surface area contributed by atoms with Gasteiger partial charge in [0.15, 0.2) is 0 Å². The molecule has 2 aromatic carbocycles. The second kappa shape index (κ2) is 8.02. The number of nitrogens with one attached hydrogen (secondary N) is 2. The van der Waals surface area contributed by atoms with Crippen molar-refractivity contribution < 1.29 is 22.7 Å². The molecule has 0 unspecified atom stereocenters. The highest BCUT2D eigenvalue weighted by atomic mass is 32.2. The van der Waals surface area contributed by atoms with Crippen molar-refractivity contribution in [2.45, 2.75) is 26.2 Å². The Morgan fingerprint density at radius 3 is 2.11 bits per heavy atom. The minimum absolute atomic E-state index is 0.0596. The number of hydrogen-bond acceptors (Lipinski definition) is 5. The predicted octanol–water partition coefficient (Wildman–Crippen LogP) is 3.19. The molecule has 2 aromatic rings. The molecule has 0 bridgehead atoms. The van der Waals surface area contributed by atoms with Crippen LogP contribution in [0.2, 0.25) is 0 Å². The Morgan fingerprint density at radius 1 is 1.00 bits per heavy atom. The van der Waals surface area contributed by atoms with Crippen molar-refractivity contribution in [3.8, 4) is 5.75 Å². The summed E-state index contributed by atoms with van der Waals surface area (Å²) in [5, 5.41) is 2.48. The first-order valence-corrected chi connectivity index (χ1v) is 10.4. The summed E-state index contributed by atoms with van der Waals surface area (Å²) in [4.78, 5) is 24.7. The lowest BCUT2D eigenvalue weighted by atomic mass is 9.86. The normalized spacial score (nSPS) is 11.6. The van der Waals surface area contributed by atoms with E-state index in [1.165, 1.54) is 25.3 Å². The van der Waals surface area contributed by atoms with Gasteiger partial charge in [-0.15, -0.1) is 0 Å². The van der Waals surface area contributed by atoms with Gasteiger partial charge in [0.1, 0.15) is 5.75 Å². The van der Waals surface area contributed by atoms with Crippen LogP contribution in [0.3, 0.4) is 0 Å². The zero-order valence-electron chi connectivity index (χ0n) is 16.5. The van der Waals surface area contributed by atoms with E-state index in [2.05, 4.69) is 30.8 Å². The van der Waals surface area contributed by atoms with Gasteiger partial charge in [-0.05, 0) is 29.2 Å². The fourth-order valence-electron chi connectivity index (χ4n) is 2.51. The molecule has 0 heterocycles. The molecule has 0 radical (unpaired) electrons. The summed E-state index contributed by atoms with van der Waals surface area (Å²) in [6, 6.07) is 11.3. The number of carbonyl (C=O) groups is 2. The standard InChI is InChI=1S/C20H24N2O5S/c1-20(2,3)14-8-6-13(7-9-14)18(23)19(24)21-15-10-11-17(27-4)16(12-15)22-28(5,25)26/h6-12,22H,1-5H3,(H,21,24). The molecule has 8 heteroatoms. The maximum absolute atomic E-state index is 12.4. The van der Waals surface area contributed by atoms with Crippen LogP contribution in [0.25, 0.3) is 0 Å². The summed E-state index contributed by atoms with van der Waals surface area (Å²) in [6.45, 7) is 6.17. The minimum Gasteiger partial charge on any atom is -0.495 e. The van der Waals surface area contributed by atoms with Crippen LogP contribution in [-0.2, 0) is 20.2 Å². The molecule has 1 amide bonds. The molecule has 0 saturated carbocycles. The number of hydrogen-bond donors (Lipinski definition) is 2. The molecular weight excluding hydrogens is 380 g/mol. The monoisotopic (exact) mass is 404 g/mol. The SMILES string of the molecule is COc1ccc(NC(=O)C(=O)c2ccc(C(C)(C)C)cc2)cc1NS(C)(=O)=O. The average Bonchev–Trinajstić information content (AvgIpc) is 2.59. The van der Waals surface area contributed by atoms with Gasteiger partial charge in [-0.3, -0.25) is 14.3 Å². The quantitative estimate of drug-likeness (QED) is 0.569. The summed E-state index contributed by atoms with van der Waals surface area (Å²) in [5.74, 6) is -1.22. The van der Waals surface area contributed by atoms with Gasteiger partial charge in [-0.25, -0.2) is 8.42 Å². The van der Waals surface area contributed by atoms with Crippen molar-refractivity contribution in [1.82, 2.24) is 0 Å². The van der Waals surface area contributed by atoms with E-state index in [0.29, 0.717) is 0 Å². The molecule has 28 heavy (non-hydrogen) atoms. The molecule has 0 aromatic heterocycles. The smallest absolute Gasteiger partial charge is 0.296 e. The molecule has 7 nitrogen and oxygen atoms in total. The van der Waals surface area contributed by atoms with E-state index < -0.39 is 21.7 Å². The number of rotatable bonds is 6. The van der Waals surface area contributed by atoms with E-state index >= 15 is 0 Å². The molecular formula is C20H24N2O5S. The highest BCUT2D eigenvalue weighted by Crippen LogP contribution is 2.28.